The molecule has 0 atom stereocenters. The van der Waals surface area contributed by atoms with Gasteiger partial charge in [0.15, 0.2) is 0 Å². The van der Waals surface area contributed by atoms with Crippen LogP contribution in [0.5, 0.6) is 5.75 Å². The molecular formula is C18H22N2O2. The number of carbonyl (C=O) groups is 1. The van der Waals surface area contributed by atoms with E-state index in [1.807, 2.05) is 56.3 Å². The Morgan fingerprint density at radius 1 is 1.14 bits per heavy atom. The summed E-state index contributed by atoms with van der Waals surface area (Å²) in [7, 11) is 1.65. The largest absolute Gasteiger partial charge is 0.497 e. The maximum absolute atomic E-state index is 11.9. The van der Waals surface area contributed by atoms with Crippen LogP contribution in [-0.2, 0) is 6.42 Å². The minimum Gasteiger partial charge on any atom is -0.497 e. The minimum atomic E-state index is -0.184. The Kier molecular flexibility index (Phi) is 5.42. The highest BCUT2D eigenvalue weighted by Gasteiger charge is 2.05. The monoisotopic (exact) mass is 298 g/mol. The molecule has 0 aliphatic rings. The number of nitrogens with one attached hydrogen (secondary N) is 2. The lowest BCUT2D eigenvalue weighted by Crippen LogP contribution is -2.30. The fraction of sp³-hybridized carbons (Fsp3) is 0.278. The van der Waals surface area contributed by atoms with E-state index in [4.69, 9.17) is 4.74 Å². The molecule has 0 heterocycles. The molecule has 2 N–H and O–H groups in total. The first-order chi connectivity index (χ1) is 10.6. The molecule has 2 amide bonds. The molecule has 0 fully saturated rings. The number of methoxy groups -OCH3 is 1. The Morgan fingerprint density at radius 3 is 2.68 bits per heavy atom. The number of hydrogen-bond acceptors (Lipinski definition) is 2. The topological polar surface area (TPSA) is 50.4 Å². The highest BCUT2D eigenvalue weighted by Crippen LogP contribution is 2.17. The fourth-order valence-electron chi connectivity index (χ4n) is 2.20. The number of urea groups is 1. The van der Waals surface area contributed by atoms with E-state index in [2.05, 4.69) is 10.6 Å². The predicted molar refractivity (Wildman–Crippen MR) is 89.6 cm³/mol. The van der Waals surface area contributed by atoms with Gasteiger partial charge in [0.25, 0.3) is 0 Å². The third kappa shape index (κ3) is 4.25. The van der Waals surface area contributed by atoms with Gasteiger partial charge in [0, 0.05) is 12.2 Å². The molecule has 4 nitrogen and oxygen atoms in total. The first-order valence-electron chi connectivity index (χ1n) is 7.34. The van der Waals surface area contributed by atoms with Crippen molar-refractivity contribution >= 4 is 11.7 Å². The molecule has 2 aromatic carbocycles. The van der Waals surface area contributed by atoms with Crippen LogP contribution >= 0.6 is 0 Å². The summed E-state index contributed by atoms with van der Waals surface area (Å²) in [5, 5.41) is 5.76. The number of ether oxygens (including phenoxy) is 1. The standard InChI is InChI=1S/C18H22N2O2/c1-13-6-4-9-17(14(13)2)20-18(21)19-11-10-15-7-5-8-16(12-15)22-3/h4-9,12H,10-11H2,1-3H3,(H2,19,20,21). The normalized spacial score (nSPS) is 10.1. The lowest BCUT2D eigenvalue weighted by molar-refractivity contribution is 0.252. The number of amides is 2. The Hall–Kier alpha value is -2.49. The zero-order valence-electron chi connectivity index (χ0n) is 13.3. The number of benzene rings is 2. The van der Waals surface area contributed by atoms with E-state index in [1.54, 1.807) is 7.11 Å². The third-order valence-corrected chi connectivity index (χ3v) is 3.69. The molecule has 0 saturated heterocycles. The smallest absolute Gasteiger partial charge is 0.319 e. The molecule has 0 radical (unpaired) electrons. The van der Waals surface area contributed by atoms with E-state index in [1.165, 1.54) is 0 Å². The molecule has 0 aliphatic heterocycles. The van der Waals surface area contributed by atoms with Gasteiger partial charge in [-0.1, -0.05) is 24.3 Å². The number of hydrogen-bond donors (Lipinski definition) is 2. The van der Waals surface area contributed by atoms with Crippen LogP contribution in [0, 0.1) is 13.8 Å². The van der Waals surface area contributed by atoms with Crippen molar-refractivity contribution in [2.24, 2.45) is 0 Å². The van der Waals surface area contributed by atoms with E-state index in [0.29, 0.717) is 6.54 Å². The van der Waals surface area contributed by atoms with Gasteiger partial charge in [-0.25, -0.2) is 4.79 Å². The van der Waals surface area contributed by atoms with Crippen LogP contribution in [-0.4, -0.2) is 19.7 Å². The maximum atomic E-state index is 11.9. The van der Waals surface area contributed by atoms with Crippen molar-refractivity contribution in [3.8, 4) is 5.75 Å². The van der Waals surface area contributed by atoms with Gasteiger partial charge in [-0.05, 0) is 55.2 Å². The van der Waals surface area contributed by atoms with Crippen molar-refractivity contribution in [1.29, 1.82) is 0 Å². The Balaban J connectivity index is 1.84. The zero-order valence-corrected chi connectivity index (χ0v) is 13.3. The van der Waals surface area contributed by atoms with Crippen LogP contribution in [0.3, 0.4) is 0 Å². The lowest BCUT2D eigenvalue weighted by atomic mass is 10.1. The Morgan fingerprint density at radius 2 is 1.91 bits per heavy atom. The molecule has 116 valence electrons. The van der Waals surface area contributed by atoms with Crippen LogP contribution in [0.2, 0.25) is 0 Å². The quantitative estimate of drug-likeness (QED) is 0.884. The van der Waals surface area contributed by atoms with Crippen molar-refractivity contribution in [3.05, 3.63) is 59.2 Å². The van der Waals surface area contributed by atoms with E-state index < -0.39 is 0 Å². The van der Waals surface area contributed by atoms with Gasteiger partial charge in [-0.3, -0.25) is 0 Å². The Labute approximate surface area is 131 Å². The van der Waals surface area contributed by atoms with Gasteiger partial charge in [0.2, 0.25) is 0 Å². The number of anilines is 1. The van der Waals surface area contributed by atoms with Crippen LogP contribution < -0.4 is 15.4 Å². The summed E-state index contributed by atoms with van der Waals surface area (Å²) >= 11 is 0. The highest BCUT2D eigenvalue weighted by molar-refractivity contribution is 5.90. The molecule has 2 aromatic rings. The summed E-state index contributed by atoms with van der Waals surface area (Å²) in [5.74, 6) is 0.831. The van der Waals surface area contributed by atoms with Crippen molar-refractivity contribution < 1.29 is 9.53 Å². The van der Waals surface area contributed by atoms with E-state index >= 15 is 0 Å². The van der Waals surface area contributed by atoms with Gasteiger partial charge in [0.05, 0.1) is 7.11 Å². The van der Waals surface area contributed by atoms with Crippen LogP contribution in [0.4, 0.5) is 10.5 Å². The van der Waals surface area contributed by atoms with E-state index in [-0.39, 0.29) is 6.03 Å². The van der Waals surface area contributed by atoms with Crippen molar-refractivity contribution in [1.82, 2.24) is 5.32 Å². The molecule has 0 spiro atoms. The van der Waals surface area contributed by atoms with Crippen molar-refractivity contribution in [2.75, 3.05) is 19.0 Å². The summed E-state index contributed by atoms with van der Waals surface area (Å²) in [6.07, 6.45) is 0.761. The summed E-state index contributed by atoms with van der Waals surface area (Å²) in [4.78, 5) is 11.9. The molecular weight excluding hydrogens is 276 g/mol. The average Bonchev–Trinajstić information content (AvgIpc) is 2.52. The highest BCUT2D eigenvalue weighted by atomic mass is 16.5. The second kappa shape index (κ2) is 7.50. The van der Waals surface area contributed by atoms with Crippen LogP contribution in [0.15, 0.2) is 42.5 Å². The van der Waals surface area contributed by atoms with Crippen LogP contribution in [0.1, 0.15) is 16.7 Å². The molecule has 22 heavy (non-hydrogen) atoms. The fourth-order valence-corrected chi connectivity index (χ4v) is 2.20. The molecule has 0 bridgehead atoms. The first kappa shape index (κ1) is 15.9. The van der Waals surface area contributed by atoms with E-state index in [9.17, 15) is 4.79 Å². The van der Waals surface area contributed by atoms with Gasteiger partial charge in [-0.2, -0.15) is 0 Å². The minimum absolute atomic E-state index is 0.184. The molecule has 2 rings (SSSR count). The molecule has 0 saturated carbocycles. The van der Waals surface area contributed by atoms with Crippen LogP contribution in [0.25, 0.3) is 0 Å². The van der Waals surface area contributed by atoms with Gasteiger partial charge >= 0.3 is 6.03 Å². The predicted octanol–water partition coefficient (Wildman–Crippen LogP) is 3.68. The number of carbonyl (C=O) groups excluding carboxylic acids is 1. The molecule has 4 heteroatoms. The average molecular weight is 298 g/mol. The van der Waals surface area contributed by atoms with Gasteiger partial charge < -0.3 is 15.4 Å². The SMILES string of the molecule is COc1cccc(CCNC(=O)Nc2cccc(C)c2C)c1. The second-order valence-electron chi connectivity index (χ2n) is 5.23. The first-order valence-corrected chi connectivity index (χ1v) is 7.34. The molecule has 0 unspecified atom stereocenters. The zero-order chi connectivity index (χ0) is 15.9. The molecule has 0 aliphatic carbocycles. The van der Waals surface area contributed by atoms with Crippen molar-refractivity contribution in [3.63, 3.8) is 0 Å². The maximum Gasteiger partial charge on any atom is 0.319 e. The van der Waals surface area contributed by atoms with Crippen molar-refractivity contribution in [2.45, 2.75) is 20.3 Å². The molecule has 0 aromatic heterocycles. The summed E-state index contributed by atoms with van der Waals surface area (Å²) in [6.45, 7) is 4.60. The van der Waals surface area contributed by atoms with Gasteiger partial charge in [0.1, 0.15) is 5.75 Å². The Bertz CT molecular complexity index is 653. The summed E-state index contributed by atoms with van der Waals surface area (Å²) in [6, 6.07) is 13.5. The third-order valence-electron chi connectivity index (χ3n) is 3.69. The lowest BCUT2D eigenvalue weighted by Gasteiger charge is -2.11. The summed E-state index contributed by atoms with van der Waals surface area (Å²) < 4.78 is 5.19. The number of aryl methyl sites for hydroxylation is 1. The van der Waals surface area contributed by atoms with E-state index in [0.717, 1.165) is 34.5 Å². The summed E-state index contributed by atoms with van der Waals surface area (Å²) in [5.41, 5.74) is 4.23. The second-order valence-corrected chi connectivity index (χ2v) is 5.23. The number of rotatable bonds is 5. The van der Waals surface area contributed by atoms with Gasteiger partial charge in [-0.15, -0.1) is 0 Å².